The minimum atomic E-state index is -1.14. The third-order valence-corrected chi connectivity index (χ3v) is 4.20. The molecule has 0 unspecified atom stereocenters. The number of esters is 1. The van der Waals surface area contributed by atoms with Crippen molar-refractivity contribution in [2.75, 3.05) is 6.61 Å². The quantitative estimate of drug-likeness (QED) is 0.556. The zero-order valence-electron chi connectivity index (χ0n) is 15.4. The fourth-order valence-electron chi connectivity index (χ4n) is 2.74. The molecular weight excluding hydrogens is 352 g/mol. The lowest BCUT2D eigenvalue weighted by Gasteiger charge is -2.15. The molecule has 8 nitrogen and oxygen atoms in total. The summed E-state index contributed by atoms with van der Waals surface area (Å²) < 4.78 is 10.2. The maximum atomic E-state index is 11.9. The summed E-state index contributed by atoms with van der Waals surface area (Å²) in [4.78, 5) is 46.8. The first-order chi connectivity index (χ1) is 12.8. The zero-order valence-corrected chi connectivity index (χ0v) is 15.4. The third-order valence-electron chi connectivity index (χ3n) is 4.20. The summed E-state index contributed by atoms with van der Waals surface area (Å²) in [5.41, 5.74) is 0.460. The highest BCUT2D eigenvalue weighted by atomic mass is 16.6. The molecule has 8 heteroatoms. The number of urea groups is 1. The van der Waals surface area contributed by atoms with E-state index in [4.69, 9.17) is 9.47 Å². The first-order valence-electron chi connectivity index (χ1n) is 8.90. The van der Waals surface area contributed by atoms with Crippen molar-refractivity contribution in [2.45, 2.75) is 51.7 Å². The van der Waals surface area contributed by atoms with Crippen LogP contribution in [0.4, 0.5) is 4.79 Å². The van der Waals surface area contributed by atoms with Crippen LogP contribution in [0.2, 0.25) is 0 Å². The lowest BCUT2D eigenvalue weighted by Crippen LogP contribution is -2.47. The molecule has 146 valence electrons. The monoisotopic (exact) mass is 376 g/mol. The molecule has 0 spiro atoms. The standard InChI is InChI=1S/C19H24N2O6/c1-12(22)14-6-5-9-16(10-14)26-11-17(23)27-13(2)18(24)21-19(25)20-15-7-3-4-8-15/h5-6,9-10,13,15H,3-4,7-8,11H2,1-2H3,(H2,20,21,24,25)/t13-/m1/s1. The van der Waals surface area contributed by atoms with E-state index in [-0.39, 0.29) is 11.8 Å². The number of ketones is 1. The van der Waals surface area contributed by atoms with Crippen molar-refractivity contribution in [3.8, 4) is 5.75 Å². The molecular formula is C19H24N2O6. The number of hydrogen-bond acceptors (Lipinski definition) is 6. The average molecular weight is 376 g/mol. The first kappa shape index (κ1) is 20.4. The highest BCUT2D eigenvalue weighted by Crippen LogP contribution is 2.17. The number of hydrogen-bond donors (Lipinski definition) is 2. The Bertz CT molecular complexity index is 712. The molecule has 1 fully saturated rings. The molecule has 1 aromatic carbocycles. The Morgan fingerprint density at radius 1 is 1.19 bits per heavy atom. The smallest absolute Gasteiger partial charge is 0.344 e. The predicted molar refractivity (Wildman–Crippen MR) is 96.4 cm³/mol. The normalized spacial score (nSPS) is 14.9. The number of carbonyl (C=O) groups is 4. The van der Waals surface area contributed by atoms with Crippen LogP contribution in [0.15, 0.2) is 24.3 Å². The molecule has 1 atom stereocenters. The fourth-order valence-corrected chi connectivity index (χ4v) is 2.74. The van der Waals surface area contributed by atoms with Crippen LogP contribution < -0.4 is 15.4 Å². The van der Waals surface area contributed by atoms with E-state index in [9.17, 15) is 19.2 Å². The lowest BCUT2D eigenvalue weighted by molar-refractivity contribution is -0.156. The summed E-state index contributed by atoms with van der Waals surface area (Å²) in [6.45, 7) is 2.37. The molecule has 2 N–H and O–H groups in total. The van der Waals surface area contributed by atoms with Gasteiger partial charge in [0.05, 0.1) is 0 Å². The summed E-state index contributed by atoms with van der Waals surface area (Å²) in [5, 5.41) is 4.88. The molecule has 0 bridgehead atoms. The van der Waals surface area contributed by atoms with Gasteiger partial charge in [-0.1, -0.05) is 25.0 Å². The van der Waals surface area contributed by atoms with Gasteiger partial charge in [-0.25, -0.2) is 9.59 Å². The lowest BCUT2D eigenvalue weighted by atomic mass is 10.1. The largest absolute Gasteiger partial charge is 0.482 e. The summed E-state index contributed by atoms with van der Waals surface area (Å²) in [7, 11) is 0. The van der Waals surface area contributed by atoms with Crippen LogP contribution in [0.25, 0.3) is 0 Å². The van der Waals surface area contributed by atoms with Crippen LogP contribution >= 0.6 is 0 Å². The molecule has 0 aliphatic heterocycles. The second-order valence-corrected chi connectivity index (χ2v) is 6.45. The van der Waals surface area contributed by atoms with Crippen molar-refractivity contribution in [1.82, 2.24) is 10.6 Å². The maximum absolute atomic E-state index is 11.9. The van der Waals surface area contributed by atoms with Gasteiger partial charge in [0.15, 0.2) is 18.5 Å². The van der Waals surface area contributed by atoms with E-state index >= 15 is 0 Å². The molecule has 0 heterocycles. The second kappa shape index (κ2) is 9.70. The van der Waals surface area contributed by atoms with E-state index < -0.39 is 30.6 Å². The van der Waals surface area contributed by atoms with Crippen LogP contribution in [0.1, 0.15) is 49.9 Å². The Morgan fingerprint density at radius 3 is 2.56 bits per heavy atom. The molecule has 1 aliphatic rings. The predicted octanol–water partition coefficient (Wildman–Crippen LogP) is 1.97. The Morgan fingerprint density at radius 2 is 1.89 bits per heavy atom. The molecule has 0 aromatic heterocycles. The summed E-state index contributed by atoms with van der Waals surface area (Å²) >= 11 is 0. The topological polar surface area (TPSA) is 111 Å². The Kier molecular flexibility index (Phi) is 7.34. The van der Waals surface area contributed by atoms with E-state index in [0.717, 1.165) is 25.7 Å². The molecule has 1 saturated carbocycles. The van der Waals surface area contributed by atoms with Crippen LogP contribution in [0.3, 0.4) is 0 Å². The zero-order chi connectivity index (χ0) is 19.8. The molecule has 1 aromatic rings. The van der Waals surface area contributed by atoms with E-state index in [1.54, 1.807) is 18.2 Å². The van der Waals surface area contributed by atoms with Gasteiger partial charge in [-0.2, -0.15) is 0 Å². The van der Waals surface area contributed by atoms with E-state index in [1.807, 2.05) is 0 Å². The highest BCUT2D eigenvalue weighted by molar-refractivity contribution is 5.97. The number of nitrogens with one attached hydrogen (secondary N) is 2. The molecule has 0 radical (unpaired) electrons. The Hall–Kier alpha value is -2.90. The molecule has 1 aliphatic carbocycles. The summed E-state index contributed by atoms with van der Waals surface area (Å²) in [6, 6.07) is 5.87. The molecule has 27 heavy (non-hydrogen) atoms. The van der Waals surface area contributed by atoms with E-state index in [2.05, 4.69) is 10.6 Å². The van der Waals surface area contributed by atoms with E-state index in [1.165, 1.54) is 19.9 Å². The number of Topliss-reactive ketones (excluding diaryl/α,β-unsaturated/α-hetero) is 1. The number of rotatable bonds is 7. The van der Waals surface area contributed by atoms with Gasteiger partial charge in [0.25, 0.3) is 5.91 Å². The van der Waals surface area contributed by atoms with Crippen molar-refractivity contribution in [3.63, 3.8) is 0 Å². The van der Waals surface area contributed by atoms with Gasteiger partial charge in [0.1, 0.15) is 5.75 Å². The number of benzene rings is 1. The van der Waals surface area contributed by atoms with Crippen LogP contribution in [0.5, 0.6) is 5.75 Å². The van der Waals surface area contributed by atoms with Gasteiger partial charge in [0.2, 0.25) is 0 Å². The Balaban J connectivity index is 1.73. The fraction of sp³-hybridized carbons (Fsp3) is 0.474. The number of carbonyl (C=O) groups excluding carboxylic acids is 4. The second-order valence-electron chi connectivity index (χ2n) is 6.45. The van der Waals surface area contributed by atoms with Crippen molar-refractivity contribution >= 4 is 23.7 Å². The maximum Gasteiger partial charge on any atom is 0.344 e. The number of amides is 3. The average Bonchev–Trinajstić information content (AvgIpc) is 3.12. The Labute approximate surface area is 157 Å². The van der Waals surface area contributed by atoms with Crippen molar-refractivity contribution in [3.05, 3.63) is 29.8 Å². The van der Waals surface area contributed by atoms with Crippen molar-refractivity contribution in [1.29, 1.82) is 0 Å². The van der Waals surface area contributed by atoms with Gasteiger partial charge >= 0.3 is 12.0 Å². The van der Waals surface area contributed by atoms with Crippen LogP contribution in [-0.4, -0.2) is 42.4 Å². The van der Waals surface area contributed by atoms with Gasteiger partial charge in [-0.3, -0.25) is 14.9 Å². The third kappa shape index (κ3) is 6.73. The highest BCUT2D eigenvalue weighted by Gasteiger charge is 2.22. The summed E-state index contributed by atoms with van der Waals surface area (Å²) in [5.74, 6) is -1.25. The number of ether oxygens (including phenoxy) is 2. The van der Waals surface area contributed by atoms with Crippen LogP contribution in [-0.2, 0) is 14.3 Å². The minimum absolute atomic E-state index is 0.0785. The molecule has 0 saturated heterocycles. The van der Waals surface area contributed by atoms with Gasteiger partial charge in [-0.05, 0) is 38.8 Å². The first-order valence-corrected chi connectivity index (χ1v) is 8.90. The molecule has 3 amide bonds. The van der Waals surface area contributed by atoms with Gasteiger partial charge < -0.3 is 14.8 Å². The van der Waals surface area contributed by atoms with Crippen molar-refractivity contribution in [2.24, 2.45) is 0 Å². The number of imide groups is 1. The summed E-state index contributed by atoms with van der Waals surface area (Å²) in [6.07, 6.45) is 2.77. The van der Waals surface area contributed by atoms with Crippen LogP contribution in [0, 0.1) is 0 Å². The minimum Gasteiger partial charge on any atom is -0.482 e. The van der Waals surface area contributed by atoms with Gasteiger partial charge in [0, 0.05) is 11.6 Å². The van der Waals surface area contributed by atoms with Gasteiger partial charge in [-0.15, -0.1) is 0 Å². The van der Waals surface area contributed by atoms with E-state index in [0.29, 0.717) is 11.3 Å². The van der Waals surface area contributed by atoms with Crippen molar-refractivity contribution < 1.29 is 28.7 Å². The SMILES string of the molecule is CC(=O)c1cccc(OCC(=O)O[C@H](C)C(=O)NC(=O)NC2CCCC2)c1. The molecule has 2 rings (SSSR count).